The molecule has 0 aliphatic heterocycles. The molecule has 0 atom stereocenters. The summed E-state index contributed by atoms with van der Waals surface area (Å²) in [5.74, 6) is -0.601. The van der Waals surface area contributed by atoms with Gasteiger partial charge in [0.2, 0.25) is 10.0 Å². The van der Waals surface area contributed by atoms with Gasteiger partial charge in [0.25, 0.3) is 5.91 Å². The molecule has 1 amide bonds. The highest BCUT2D eigenvalue weighted by atomic mass is 32.2. The number of hydrogen-bond acceptors (Lipinski definition) is 8. The van der Waals surface area contributed by atoms with Gasteiger partial charge in [-0.3, -0.25) is 9.10 Å². The number of aromatic nitrogens is 4. The largest absolute Gasteiger partial charge is 0.507 e. The number of furan rings is 1. The number of halogens is 1. The molecule has 13 heteroatoms. The summed E-state index contributed by atoms with van der Waals surface area (Å²) in [7, 11) is -0.928. The number of nitrogens with zero attached hydrogens (tertiary/aromatic N) is 4. The van der Waals surface area contributed by atoms with Gasteiger partial charge in [-0.05, 0) is 36.4 Å². The first-order valence-electron chi connectivity index (χ1n) is 12.6. The molecule has 6 rings (SSSR count). The lowest BCUT2D eigenvalue weighted by Crippen LogP contribution is -2.25. The second kappa shape index (κ2) is 9.96. The highest BCUT2D eigenvalue weighted by Crippen LogP contribution is 2.45. The van der Waals surface area contributed by atoms with Crippen molar-refractivity contribution in [2.45, 2.75) is 0 Å². The fourth-order valence-electron chi connectivity index (χ4n) is 4.78. The van der Waals surface area contributed by atoms with Gasteiger partial charge in [0, 0.05) is 42.2 Å². The van der Waals surface area contributed by atoms with E-state index in [-0.39, 0.29) is 33.9 Å². The number of carbonyl (C=O) groups is 1. The molecule has 3 N–H and O–H groups in total. The van der Waals surface area contributed by atoms with Crippen molar-refractivity contribution in [3.8, 4) is 39.6 Å². The second-order valence-electron chi connectivity index (χ2n) is 9.54. The van der Waals surface area contributed by atoms with E-state index in [1.54, 1.807) is 30.5 Å². The standard InChI is InChI=1S/C29H23FN6O5S/c1-31-29(38)24-20-11-19(17-5-4-6-18(25(17)37)27-34-21-13-32-14-33-28(21)35-27)22(36(2)42(3,39)40)12-23(20)41-26(24)15-7-9-16(30)10-8-15/h4-14,37H,1-3H3,(H,31,38)(H,32,33,34,35). The maximum atomic E-state index is 13.7. The fraction of sp³-hybridized carbons (Fsp3) is 0.103. The molecule has 11 nitrogen and oxygen atoms in total. The van der Waals surface area contributed by atoms with Crippen LogP contribution in [0.25, 0.3) is 56.0 Å². The first-order valence-corrected chi connectivity index (χ1v) is 14.4. The average molecular weight is 587 g/mol. The lowest BCUT2D eigenvalue weighted by atomic mass is 9.96. The maximum Gasteiger partial charge on any atom is 0.255 e. The molecule has 3 aromatic carbocycles. The molecule has 0 aliphatic carbocycles. The Morgan fingerprint density at radius 3 is 2.52 bits per heavy atom. The number of sulfonamides is 1. The molecule has 0 aliphatic rings. The predicted octanol–water partition coefficient (Wildman–Crippen LogP) is 4.70. The Kier molecular flexibility index (Phi) is 6.38. The van der Waals surface area contributed by atoms with E-state index in [4.69, 9.17) is 4.42 Å². The third-order valence-electron chi connectivity index (χ3n) is 6.95. The SMILES string of the molecule is CNC(=O)c1c(-c2ccc(F)cc2)oc2cc(N(C)S(C)(=O)=O)c(-c3cccc(-c4nc5ncncc5[nH]4)c3O)cc12. The molecule has 42 heavy (non-hydrogen) atoms. The summed E-state index contributed by atoms with van der Waals surface area (Å²) in [5.41, 5.74) is 2.92. The van der Waals surface area contributed by atoms with Gasteiger partial charge in [0.1, 0.15) is 40.6 Å². The topological polar surface area (TPSA) is 154 Å². The first kappa shape index (κ1) is 26.9. The van der Waals surface area contributed by atoms with Crippen LogP contribution in [0, 0.1) is 5.82 Å². The number of phenolic OH excluding ortho intramolecular Hbond substituents is 1. The highest BCUT2D eigenvalue weighted by Gasteiger charge is 2.27. The van der Waals surface area contributed by atoms with Gasteiger partial charge in [-0.15, -0.1) is 0 Å². The predicted molar refractivity (Wildman–Crippen MR) is 156 cm³/mol. The van der Waals surface area contributed by atoms with Gasteiger partial charge in [-0.25, -0.2) is 27.8 Å². The molecule has 0 saturated heterocycles. The number of rotatable bonds is 6. The van der Waals surface area contributed by atoms with E-state index in [2.05, 4.69) is 25.3 Å². The van der Waals surface area contributed by atoms with Crippen LogP contribution in [-0.2, 0) is 10.0 Å². The smallest absolute Gasteiger partial charge is 0.255 e. The number of anilines is 1. The van der Waals surface area contributed by atoms with Crippen molar-refractivity contribution in [1.82, 2.24) is 25.3 Å². The second-order valence-corrected chi connectivity index (χ2v) is 11.5. The number of phenols is 1. The molecule has 3 heterocycles. The number of nitrogens with one attached hydrogen (secondary N) is 2. The molecule has 212 valence electrons. The van der Waals surface area contributed by atoms with Gasteiger partial charge in [0.05, 0.1) is 29.3 Å². The molecule has 0 saturated carbocycles. The zero-order valence-corrected chi connectivity index (χ0v) is 23.3. The minimum atomic E-state index is -3.77. The van der Waals surface area contributed by atoms with Crippen molar-refractivity contribution in [3.05, 3.63) is 78.5 Å². The van der Waals surface area contributed by atoms with Crippen LogP contribution in [0.2, 0.25) is 0 Å². The minimum absolute atomic E-state index is 0.167. The molecule has 0 bridgehead atoms. The number of benzene rings is 3. The van der Waals surface area contributed by atoms with E-state index in [1.807, 2.05) is 0 Å². The number of aromatic amines is 1. The van der Waals surface area contributed by atoms with E-state index in [0.29, 0.717) is 39.1 Å². The summed E-state index contributed by atoms with van der Waals surface area (Å²) in [4.78, 5) is 28.8. The van der Waals surface area contributed by atoms with Crippen LogP contribution in [0.5, 0.6) is 5.75 Å². The lowest BCUT2D eigenvalue weighted by Gasteiger charge is -2.21. The van der Waals surface area contributed by atoms with Crippen molar-refractivity contribution in [1.29, 1.82) is 0 Å². The van der Waals surface area contributed by atoms with E-state index in [9.17, 15) is 22.7 Å². The van der Waals surface area contributed by atoms with Crippen LogP contribution in [-0.4, -0.2) is 59.7 Å². The first-order chi connectivity index (χ1) is 20.1. The normalized spacial score (nSPS) is 11.7. The van der Waals surface area contributed by atoms with E-state index >= 15 is 0 Å². The quantitative estimate of drug-likeness (QED) is 0.254. The molecule has 3 aromatic heterocycles. The molecule has 6 aromatic rings. The molecular weight excluding hydrogens is 563 g/mol. The number of amides is 1. The summed E-state index contributed by atoms with van der Waals surface area (Å²) in [6.45, 7) is 0. The number of H-pyrrole nitrogens is 1. The summed E-state index contributed by atoms with van der Waals surface area (Å²) in [5, 5.41) is 14.5. The van der Waals surface area contributed by atoms with Crippen molar-refractivity contribution in [3.63, 3.8) is 0 Å². The van der Waals surface area contributed by atoms with Gasteiger partial charge < -0.3 is 19.8 Å². The Bertz CT molecular complexity index is 2090. The van der Waals surface area contributed by atoms with Crippen molar-refractivity contribution in [2.75, 3.05) is 24.7 Å². The molecule has 0 spiro atoms. The average Bonchev–Trinajstić information content (AvgIpc) is 3.57. The van der Waals surface area contributed by atoms with Crippen LogP contribution in [0.3, 0.4) is 0 Å². The summed E-state index contributed by atoms with van der Waals surface area (Å²) in [6.07, 6.45) is 3.97. The van der Waals surface area contributed by atoms with Crippen LogP contribution >= 0.6 is 0 Å². The minimum Gasteiger partial charge on any atom is -0.507 e. The Morgan fingerprint density at radius 1 is 1.10 bits per heavy atom. The number of carbonyl (C=O) groups excluding carboxylic acids is 1. The van der Waals surface area contributed by atoms with Crippen LogP contribution in [0.15, 0.2) is 71.5 Å². The monoisotopic (exact) mass is 586 g/mol. The van der Waals surface area contributed by atoms with Crippen LogP contribution < -0.4 is 9.62 Å². The number of aromatic hydroxyl groups is 1. The fourth-order valence-corrected chi connectivity index (χ4v) is 5.29. The highest BCUT2D eigenvalue weighted by molar-refractivity contribution is 7.92. The van der Waals surface area contributed by atoms with Crippen molar-refractivity contribution >= 4 is 43.8 Å². The van der Waals surface area contributed by atoms with E-state index in [1.165, 1.54) is 50.8 Å². The Hall–Kier alpha value is -5.30. The van der Waals surface area contributed by atoms with Crippen LogP contribution in [0.4, 0.5) is 10.1 Å². The van der Waals surface area contributed by atoms with E-state index in [0.717, 1.165) is 10.6 Å². The molecule has 0 unspecified atom stereocenters. The van der Waals surface area contributed by atoms with Gasteiger partial charge in [-0.1, -0.05) is 12.1 Å². The summed E-state index contributed by atoms with van der Waals surface area (Å²) >= 11 is 0. The van der Waals surface area contributed by atoms with Crippen LogP contribution in [0.1, 0.15) is 10.4 Å². The number of hydrogen-bond donors (Lipinski definition) is 3. The third-order valence-corrected chi connectivity index (χ3v) is 8.14. The summed E-state index contributed by atoms with van der Waals surface area (Å²) in [6, 6.07) is 13.5. The number of fused-ring (bicyclic) bond motifs is 2. The number of imidazole rings is 1. The van der Waals surface area contributed by atoms with Gasteiger partial charge in [0.15, 0.2) is 5.65 Å². The molecule has 0 fully saturated rings. The van der Waals surface area contributed by atoms with E-state index < -0.39 is 21.7 Å². The number of para-hydroxylation sites is 1. The Labute approximate surface area is 238 Å². The lowest BCUT2D eigenvalue weighted by molar-refractivity contribution is 0.0964. The zero-order valence-electron chi connectivity index (χ0n) is 22.5. The maximum absolute atomic E-state index is 13.7. The molecular formula is C29H23FN6O5S. The molecule has 0 radical (unpaired) electrons. The van der Waals surface area contributed by atoms with Crippen molar-refractivity contribution in [2.24, 2.45) is 0 Å². The summed E-state index contributed by atoms with van der Waals surface area (Å²) < 4.78 is 46.3. The Balaban J connectivity index is 1.64. The van der Waals surface area contributed by atoms with Gasteiger partial charge >= 0.3 is 0 Å². The van der Waals surface area contributed by atoms with Gasteiger partial charge in [-0.2, -0.15) is 0 Å². The van der Waals surface area contributed by atoms with Crippen molar-refractivity contribution < 1.29 is 27.1 Å². The Morgan fingerprint density at radius 2 is 1.83 bits per heavy atom. The zero-order chi connectivity index (χ0) is 29.8. The third kappa shape index (κ3) is 4.49.